The minimum absolute atomic E-state index is 0.0372. The van der Waals surface area contributed by atoms with Gasteiger partial charge in [-0.3, -0.25) is 0 Å². The Labute approximate surface area is 112 Å². The summed E-state index contributed by atoms with van der Waals surface area (Å²) in [5.41, 5.74) is 0.591. The SMILES string of the molecule is CCCN(CCO)C(=O)Nc1cnc(C2CC2)nc1. The van der Waals surface area contributed by atoms with Crippen molar-refractivity contribution in [3.63, 3.8) is 0 Å². The number of rotatable bonds is 6. The number of carbonyl (C=O) groups excluding carboxylic acids is 1. The number of aliphatic hydroxyl groups is 1. The molecule has 0 radical (unpaired) electrons. The summed E-state index contributed by atoms with van der Waals surface area (Å²) in [6, 6.07) is -0.223. The quantitative estimate of drug-likeness (QED) is 0.818. The van der Waals surface area contributed by atoms with E-state index < -0.39 is 0 Å². The lowest BCUT2D eigenvalue weighted by atomic mass is 10.4. The van der Waals surface area contributed by atoms with Gasteiger partial charge in [0, 0.05) is 19.0 Å². The molecule has 1 saturated carbocycles. The number of urea groups is 1. The monoisotopic (exact) mass is 264 g/mol. The van der Waals surface area contributed by atoms with Crippen molar-refractivity contribution in [3.05, 3.63) is 18.2 Å². The number of anilines is 1. The molecule has 0 aliphatic heterocycles. The summed E-state index contributed by atoms with van der Waals surface area (Å²) in [6.07, 6.45) is 6.45. The minimum Gasteiger partial charge on any atom is -0.395 e. The molecule has 0 bridgehead atoms. The van der Waals surface area contributed by atoms with Crippen LogP contribution in [0.1, 0.15) is 37.9 Å². The maximum atomic E-state index is 12.0. The van der Waals surface area contributed by atoms with Crippen molar-refractivity contribution in [3.8, 4) is 0 Å². The highest BCUT2D eigenvalue weighted by atomic mass is 16.3. The minimum atomic E-state index is -0.223. The normalized spacial score (nSPS) is 14.2. The van der Waals surface area contributed by atoms with Gasteiger partial charge in [0.25, 0.3) is 0 Å². The van der Waals surface area contributed by atoms with Crippen molar-refractivity contribution in [2.45, 2.75) is 32.1 Å². The predicted molar refractivity (Wildman–Crippen MR) is 72.0 cm³/mol. The van der Waals surface area contributed by atoms with Crippen LogP contribution in [0.25, 0.3) is 0 Å². The largest absolute Gasteiger partial charge is 0.395 e. The second-order valence-corrected chi connectivity index (χ2v) is 4.75. The van der Waals surface area contributed by atoms with E-state index in [1.54, 1.807) is 17.3 Å². The third kappa shape index (κ3) is 3.89. The summed E-state index contributed by atoms with van der Waals surface area (Å²) in [5, 5.41) is 11.7. The Balaban J connectivity index is 1.92. The van der Waals surface area contributed by atoms with Gasteiger partial charge >= 0.3 is 6.03 Å². The first kappa shape index (κ1) is 13.7. The topological polar surface area (TPSA) is 78.4 Å². The van der Waals surface area contributed by atoms with E-state index in [9.17, 15) is 4.79 Å². The average Bonchev–Trinajstić information content (AvgIpc) is 3.24. The van der Waals surface area contributed by atoms with E-state index in [2.05, 4.69) is 15.3 Å². The third-order valence-electron chi connectivity index (χ3n) is 3.02. The van der Waals surface area contributed by atoms with Crippen molar-refractivity contribution in [2.24, 2.45) is 0 Å². The van der Waals surface area contributed by atoms with Gasteiger partial charge in [0.15, 0.2) is 0 Å². The maximum Gasteiger partial charge on any atom is 0.322 e. The molecule has 6 nitrogen and oxygen atoms in total. The highest BCUT2D eigenvalue weighted by molar-refractivity contribution is 5.88. The first-order valence-electron chi connectivity index (χ1n) is 6.73. The van der Waals surface area contributed by atoms with Crippen LogP contribution < -0.4 is 5.32 Å². The number of aliphatic hydroxyl groups excluding tert-OH is 1. The average molecular weight is 264 g/mol. The Morgan fingerprint density at radius 1 is 1.42 bits per heavy atom. The molecule has 6 heteroatoms. The molecule has 1 aliphatic carbocycles. The van der Waals surface area contributed by atoms with E-state index in [4.69, 9.17) is 5.11 Å². The zero-order valence-corrected chi connectivity index (χ0v) is 11.2. The maximum absolute atomic E-state index is 12.0. The molecule has 104 valence electrons. The smallest absolute Gasteiger partial charge is 0.322 e. The molecule has 1 heterocycles. The van der Waals surface area contributed by atoms with Gasteiger partial charge < -0.3 is 15.3 Å². The van der Waals surface area contributed by atoms with Crippen LogP contribution in [0.5, 0.6) is 0 Å². The number of hydrogen-bond acceptors (Lipinski definition) is 4. The summed E-state index contributed by atoms with van der Waals surface area (Å²) in [6.45, 7) is 2.91. The number of amides is 2. The summed E-state index contributed by atoms with van der Waals surface area (Å²) >= 11 is 0. The Bertz CT molecular complexity index is 411. The van der Waals surface area contributed by atoms with Gasteiger partial charge in [0.1, 0.15) is 5.82 Å². The van der Waals surface area contributed by atoms with Crippen LogP contribution in [-0.2, 0) is 0 Å². The lowest BCUT2D eigenvalue weighted by molar-refractivity contribution is 0.188. The Morgan fingerprint density at radius 3 is 2.63 bits per heavy atom. The van der Waals surface area contributed by atoms with E-state index in [1.807, 2.05) is 6.92 Å². The van der Waals surface area contributed by atoms with Crippen LogP contribution in [0.3, 0.4) is 0 Å². The van der Waals surface area contributed by atoms with Gasteiger partial charge in [-0.15, -0.1) is 0 Å². The number of nitrogens with one attached hydrogen (secondary N) is 1. The van der Waals surface area contributed by atoms with E-state index in [0.717, 1.165) is 25.1 Å². The highest BCUT2D eigenvalue weighted by Crippen LogP contribution is 2.37. The summed E-state index contributed by atoms with van der Waals surface area (Å²) in [4.78, 5) is 22.1. The highest BCUT2D eigenvalue weighted by Gasteiger charge is 2.26. The predicted octanol–water partition coefficient (Wildman–Crippen LogP) is 1.59. The molecule has 1 aliphatic rings. The van der Waals surface area contributed by atoms with Crippen LogP contribution in [0.4, 0.5) is 10.5 Å². The molecule has 1 fully saturated rings. The van der Waals surface area contributed by atoms with Crippen molar-refractivity contribution in [1.29, 1.82) is 0 Å². The fraction of sp³-hybridized carbons (Fsp3) is 0.615. The summed E-state index contributed by atoms with van der Waals surface area (Å²) in [7, 11) is 0. The van der Waals surface area contributed by atoms with Crippen molar-refractivity contribution >= 4 is 11.7 Å². The van der Waals surface area contributed by atoms with Gasteiger partial charge in [0.2, 0.25) is 0 Å². The van der Waals surface area contributed by atoms with Crippen molar-refractivity contribution in [2.75, 3.05) is 25.0 Å². The van der Waals surface area contributed by atoms with Crippen molar-refractivity contribution in [1.82, 2.24) is 14.9 Å². The van der Waals surface area contributed by atoms with Gasteiger partial charge in [-0.1, -0.05) is 6.92 Å². The van der Waals surface area contributed by atoms with E-state index >= 15 is 0 Å². The number of hydrogen-bond donors (Lipinski definition) is 2. The zero-order chi connectivity index (χ0) is 13.7. The molecule has 0 saturated heterocycles. The van der Waals surface area contributed by atoms with Crippen LogP contribution in [-0.4, -0.2) is 45.7 Å². The van der Waals surface area contributed by atoms with Crippen molar-refractivity contribution < 1.29 is 9.90 Å². The van der Waals surface area contributed by atoms with Crippen LogP contribution in [0, 0.1) is 0 Å². The second-order valence-electron chi connectivity index (χ2n) is 4.75. The Hall–Kier alpha value is -1.69. The number of carbonyl (C=O) groups is 1. The lowest BCUT2D eigenvalue weighted by Crippen LogP contribution is -2.37. The van der Waals surface area contributed by atoms with Gasteiger partial charge in [-0.05, 0) is 19.3 Å². The van der Waals surface area contributed by atoms with E-state index in [0.29, 0.717) is 24.7 Å². The molecule has 1 aromatic heterocycles. The van der Waals surface area contributed by atoms with Crippen LogP contribution in [0.2, 0.25) is 0 Å². The molecule has 0 spiro atoms. The molecule has 1 aromatic rings. The summed E-state index contributed by atoms with van der Waals surface area (Å²) < 4.78 is 0. The summed E-state index contributed by atoms with van der Waals surface area (Å²) in [5.74, 6) is 1.37. The fourth-order valence-electron chi connectivity index (χ4n) is 1.86. The Kier molecular flexibility index (Phi) is 4.68. The van der Waals surface area contributed by atoms with Gasteiger partial charge in [0.05, 0.1) is 24.7 Å². The zero-order valence-electron chi connectivity index (χ0n) is 11.2. The number of aromatic nitrogens is 2. The molecule has 2 N–H and O–H groups in total. The molecular formula is C13H20N4O2. The Morgan fingerprint density at radius 2 is 2.11 bits per heavy atom. The molecule has 19 heavy (non-hydrogen) atoms. The second kappa shape index (κ2) is 6.47. The van der Waals surface area contributed by atoms with E-state index in [1.165, 1.54) is 0 Å². The first-order chi connectivity index (χ1) is 9.24. The molecule has 2 amide bonds. The molecule has 0 aromatic carbocycles. The van der Waals surface area contributed by atoms with E-state index in [-0.39, 0.29) is 12.6 Å². The van der Waals surface area contributed by atoms with Crippen LogP contribution in [0.15, 0.2) is 12.4 Å². The van der Waals surface area contributed by atoms with Gasteiger partial charge in [-0.2, -0.15) is 0 Å². The molecule has 2 rings (SSSR count). The lowest BCUT2D eigenvalue weighted by Gasteiger charge is -2.21. The molecular weight excluding hydrogens is 244 g/mol. The van der Waals surface area contributed by atoms with Gasteiger partial charge in [-0.25, -0.2) is 14.8 Å². The molecule has 0 unspecified atom stereocenters. The first-order valence-corrected chi connectivity index (χ1v) is 6.73. The van der Waals surface area contributed by atoms with Crippen LogP contribution >= 0.6 is 0 Å². The fourth-order valence-corrected chi connectivity index (χ4v) is 1.86. The standard InChI is InChI=1S/C13H20N4O2/c1-2-5-17(6-7-18)13(19)16-11-8-14-12(15-9-11)10-3-4-10/h8-10,18H,2-7H2,1H3,(H,16,19). The molecule has 0 atom stereocenters. The third-order valence-corrected chi connectivity index (χ3v) is 3.02. The number of nitrogens with zero attached hydrogens (tertiary/aromatic N) is 3.